The molecule has 0 aliphatic rings. The number of benzene rings is 3. The van der Waals surface area contributed by atoms with Crippen LogP contribution in [0.3, 0.4) is 0 Å². The van der Waals surface area contributed by atoms with Gasteiger partial charge < -0.3 is 5.32 Å². The number of hydrogen-bond acceptors (Lipinski definition) is 4. The number of amides is 1. The van der Waals surface area contributed by atoms with Crippen LogP contribution in [0.4, 0.5) is 5.69 Å². The van der Waals surface area contributed by atoms with Crippen LogP contribution in [0.1, 0.15) is 5.56 Å². The van der Waals surface area contributed by atoms with E-state index in [1.54, 1.807) is 0 Å². The van der Waals surface area contributed by atoms with Crippen LogP contribution in [0.5, 0.6) is 0 Å². The van der Waals surface area contributed by atoms with Crippen molar-refractivity contribution < 1.29 is 4.79 Å². The first-order chi connectivity index (χ1) is 14.6. The summed E-state index contributed by atoms with van der Waals surface area (Å²) >= 11 is 4.75. The second-order valence-corrected chi connectivity index (χ2v) is 8.55. The number of hydrogen-bond donors (Lipinski definition) is 1. The van der Waals surface area contributed by atoms with Gasteiger partial charge in [0.05, 0.1) is 5.75 Å². The molecule has 0 atom stereocenters. The standard InChI is InChI=1S/C23H19BrN4OS/c1-16-7-9-17(10-8-16)22-26-27-23(28(22)20-5-3-2-4-6-20)30-15-21(29)25-19-13-11-18(24)12-14-19/h2-14H,15H2,1H3,(H,25,29). The van der Waals surface area contributed by atoms with Crippen molar-refractivity contribution in [3.63, 3.8) is 0 Å². The quantitative estimate of drug-likeness (QED) is 0.359. The van der Waals surface area contributed by atoms with Crippen LogP contribution in [0, 0.1) is 6.92 Å². The topological polar surface area (TPSA) is 59.8 Å². The van der Waals surface area contributed by atoms with Gasteiger partial charge in [0.25, 0.3) is 0 Å². The minimum absolute atomic E-state index is 0.0955. The number of carbonyl (C=O) groups is 1. The molecule has 0 spiro atoms. The van der Waals surface area contributed by atoms with Gasteiger partial charge in [-0.15, -0.1) is 10.2 Å². The van der Waals surface area contributed by atoms with Gasteiger partial charge in [-0.1, -0.05) is 75.7 Å². The number of aryl methyl sites for hydroxylation is 1. The van der Waals surface area contributed by atoms with E-state index in [0.717, 1.165) is 27.2 Å². The lowest BCUT2D eigenvalue weighted by molar-refractivity contribution is -0.113. The average Bonchev–Trinajstić information content (AvgIpc) is 3.19. The van der Waals surface area contributed by atoms with Gasteiger partial charge in [0.15, 0.2) is 11.0 Å². The fourth-order valence-electron chi connectivity index (χ4n) is 2.92. The number of halogens is 1. The average molecular weight is 479 g/mol. The maximum absolute atomic E-state index is 12.4. The van der Waals surface area contributed by atoms with Crippen LogP contribution < -0.4 is 5.32 Å². The SMILES string of the molecule is Cc1ccc(-c2nnc(SCC(=O)Nc3ccc(Br)cc3)n2-c2ccccc2)cc1. The normalized spacial score (nSPS) is 10.7. The fourth-order valence-corrected chi connectivity index (χ4v) is 3.94. The van der Waals surface area contributed by atoms with E-state index < -0.39 is 0 Å². The summed E-state index contributed by atoms with van der Waals surface area (Å²) < 4.78 is 2.96. The Labute approximate surface area is 187 Å². The lowest BCUT2D eigenvalue weighted by Gasteiger charge is -2.10. The summed E-state index contributed by atoms with van der Waals surface area (Å²) in [4.78, 5) is 12.4. The van der Waals surface area contributed by atoms with Gasteiger partial charge in [-0.2, -0.15) is 0 Å². The highest BCUT2D eigenvalue weighted by molar-refractivity contribution is 9.10. The molecule has 1 heterocycles. The largest absolute Gasteiger partial charge is 0.325 e. The summed E-state index contributed by atoms with van der Waals surface area (Å²) in [6.07, 6.45) is 0. The summed E-state index contributed by atoms with van der Waals surface area (Å²) in [5.74, 6) is 0.883. The van der Waals surface area contributed by atoms with E-state index in [9.17, 15) is 4.79 Å². The Morgan fingerprint density at radius 2 is 1.67 bits per heavy atom. The van der Waals surface area contributed by atoms with Gasteiger partial charge in [-0.05, 0) is 43.3 Å². The number of thioether (sulfide) groups is 1. The van der Waals surface area contributed by atoms with Crippen LogP contribution in [-0.2, 0) is 4.79 Å². The molecule has 0 aliphatic heterocycles. The van der Waals surface area contributed by atoms with Gasteiger partial charge in [0.2, 0.25) is 5.91 Å². The summed E-state index contributed by atoms with van der Waals surface area (Å²) in [6.45, 7) is 2.05. The molecule has 0 fully saturated rings. The third-order valence-electron chi connectivity index (χ3n) is 4.42. The number of rotatable bonds is 6. The van der Waals surface area contributed by atoms with Crippen LogP contribution in [0.25, 0.3) is 17.1 Å². The minimum atomic E-state index is -0.0955. The van der Waals surface area contributed by atoms with Gasteiger partial charge >= 0.3 is 0 Å². The van der Waals surface area contributed by atoms with Crippen LogP contribution in [-0.4, -0.2) is 26.4 Å². The molecule has 0 bridgehead atoms. The molecule has 4 aromatic rings. The second-order valence-electron chi connectivity index (χ2n) is 6.69. The number of anilines is 1. The van der Waals surface area contributed by atoms with Crippen molar-refractivity contribution in [2.75, 3.05) is 11.1 Å². The predicted octanol–water partition coefficient (Wildman–Crippen LogP) is 5.74. The Kier molecular flexibility index (Phi) is 6.30. The zero-order valence-electron chi connectivity index (χ0n) is 16.2. The van der Waals surface area contributed by atoms with E-state index >= 15 is 0 Å². The van der Waals surface area contributed by atoms with Crippen molar-refractivity contribution in [2.45, 2.75) is 12.1 Å². The van der Waals surface area contributed by atoms with E-state index in [1.165, 1.54) is 17.3 Å². The van der Waals surface area contributed by atoms with Gasteiger partial charge in [0, 0.05) is 21.4 Å². The zero-order chi connectivity index (χ0) is 20.9. The molecule has 0 saturated heterocycles. The number of aromatic nitrogens is 3. The molecule has 0 radical (unpaired) electrons. The molecular formula is C23H19BrN4OS. The van der Waals surface area contributed by atoms with Crippen LogP contribution in [0.2, 0.25) is 0 Å². The van der Waals surface area contributed by atoms with Crippen molar-refractivity contribution in [3.05, 3.63) is 88.9 Å². The van der Waals surface area contributed by atoms with Crippen molar-refractivity contribution in [2.24, 2.45) is 0 Å². The summed E-state index contributed by atoms with van der Waals surface area (Å²) in [6, 6.07) is 25.6. The van der Waals surface area contributed by atoms with Gasteiger partial charge in [0.1, 0.15) is 0 Å². The molecule has 5 nitrogen and oxygen atoms in total. The lowest BCUT2D eigenvalue weighted by atomic mass is 10.1. The second kappa shape index (κ2) is 9.28. The van der Waals surface area contributed by atoms with E-state index in [0.29, 0.717) is 5.16 Å². The van der Waals surface area contributed by atoms with E-state index in [4.69, 9.17) is 0 Å². The van der Waals surface area contributed by atoms with E-state index in [-0.39, 0.29) is 11.7 Å². The van der Waals surface area contributed by atoms with Crippen molar-refractivity contribution in [3.8, 4) is 17.1 Å². The Balaban J connectivity index is 1.57. The van der Waals surface area contributed by atoms with Crippen LogP contribution >= 0.6 is 27.7 Å². The molecule has 150 valence electrons. The molecule has 7 heteroatoms. The number of nitrogens with one attached hydrogen (secondary N) is 1. The lowest BCUT2D eigenvalue weighted by Crippen LogP contribution is -2.14. The predicted molar refractivity (Wildman–Crippen MR) is 125 cm³/mol. The molecule has 0 aliphatic carbocycles. The Bertz CT molecular complexity index is 1140. The molecule has 1 amide bonds. The molecule has 0 saturated carbocycles. The molecular weight excluding hydrogens is 460 g/mol. The third kappa shape index (κ3) is 4.80. The van der Waals surface area contributed by atoms with Crippen LogP contribution in [0.15, 0.2) is 88.5 Å². The van der Waals surface area contributed by atoms with Gasteiger partial charge in [-0.3, -0.25) is 9.36 Å². The zero-order valence-corrected chi connectivity index (χ0v) is 18.7. The summed E-state index contributed by atoms with van der Waals surface area (Å²) in [7, 11) is 0. The highest BCUT2D eigenvalue weighted by Crippen LogP contribution is 2.28. The highest BCUT2D eigenvalue weighted by atomic mass is 79.9. The van der Waals surface area contributed by atoms with Gasteiger partial charge in [-0.25, -0.2) is 0 Å². The van der Waals surface area contributed by atoms with Crippen molar-refractivity contribution in [1.82, 2.24) is 14.8 Å². The van der Waals surface area contributed by atoms with Crippen molar-refractivity contribution >= 4 is 39.3 Å². The Hall–Kier alpha value is -2.90. The monoisotopic (exact) mass is 478 g/mol. The minimum Gasteiger partial charge on any atom is -0.325 e. The maximum atomic E-state index is 12.4. The first-order valence-electron chi connectivity index (χ1n) is 9.36. The first kappa shape index (κ1) is 20.4. The number of para-hydroxylation sites is 1. The molecule has 0 unspecified atom stereocenters. The van der Waals surface area contributed by atoms with Crippen molar-refractivity contribution in [1.29, 1.82) is 0 Å². The molecule has 1 N–H and O–H groups in total. The summed E-state index contributed by atoms with van der Waals surface area (Å²) in [5.41, 5.74) is 3.87. The fraction of sp³-hybridized carbons (Fsp3) is 0.0870. The number of nitrogens with zero attached hydrogens (tertiary/aromatic N) is 3. The Morgan fingerprint density at radius 1 is 0.967 bits per heavy atom. The maximum Gasteiger partial charge on any atom is 0.234 e. The van der Waals surface area contributed by atoms with E-state index in [1.807, 2.05) is 71.3 Å². The summed E-state index contributed by atoms with van der Waals surface area (Å²) in [5, 5.41) is 12.4. The molecule has 1 aromatic heterocycles. The van der Waals surface area contributed by atoms with E-state index in [2.05, 4.69) is 50.5 Å². The molecule has 4 rings (SSSR count). The highest BCUT2D eigenvalue weighted by Gasteiger charge is 2.17. The smallest absolute Gasteiger partial charge is 0.234 e. The molecule has 30 heavy (non-hydrogen) atoms. The first-order valence-corrected chi connectivity index (χ1v) is 11.1. The third-order valence-corrected chi connectivity index (χ3v) is 5.88. The molecule has 3 aromatic carbocycles. The number of carbonyl (C=O) groups excluding carboxylic acids is 1. The Morgan fingerprint density at radius 3 is 2.37 bits per heavy atom.